The van der Waals surface area contributed by atoms with Gasteiger partial charge in [-0.1, -0.05) is 18.2 Å². The number of aryl methyl sites for hydroxylation is 1. The van der Waals surface area contributed by atoms with E-state index in [0.29, 0.717) is 27.9 Å². The summed E-state index contributed by atoms with van der Waals surface area (Å²) in [4.78, 5) is 27.2. The molecule has 3 N–H and O–H groups in total. The molecule has 0 aliphatic heterocycles. The van der Waals surface area contributed by atoms with E-state index in [4.69, 9.17) is 15.2 Å². The minimum absolute atomic E-state index is 0.206. The van der Waals surface area contributed by atoms with Crippen molar-refractivity contribution in [3.05, 3.63) is 52.3 Å². The van der Waals surface area contributed by atoms with Crippen molar-refractivity contribution in [1.29, 1.82) is 0 Å². The van der Waals surface area contributed by atoms with Crippen molar-refractivity contribution in [1.82, 2.24) is 14.8 Å². The second-order valence-electron chi connectivity index (χ2n) is 6.67. The van der Waals surface area contributed by atoms with Crippen LogP contribution < -0.4 is 20.8 Å². The van der Waals surface area contributed by atoms with Crippen LogP contribution in [-0.4, -0.2) is 41.6 Å². The van der Waals surface area contributed by atoms with Crippen molar-refractivity contribution >= 4 is 33.6 Å². The van der Waals surface area contributed by atoms with Gasteiger partial charge in [0.05, 0.1) is 30.8 Å². The van der Waals surface area contributed by atoms with Gasteiger partial charge in [0.1, 0.15) is 28.2 Å². The Kier molecular flexibility index (Phi) is 4.78. The molecule has 4 aromatic rings. The number of carbonyl (C=O) groups excluding carboxylic acids is 1. The van der Waals surface area contributed by atoms with E-state index >= 15 is 0 Å². The predicted octanol–water partition coefficient (Wildman–Crippen LogP) is 2.32. The van der Waals surface area contributed by atoms with Gasteiger partial charge < -0.3 is 24.9 Å². The minimum atomic E-state index is -0.545. The van der Waals surface area contributed by atoms with Gasteiger partial charge in [-0.2, -0.15) is 5.10 Å². The predicted molar refractivity (Wildman–Crippen MR) is 112 cm³/mol. The molecule has 2 aromatic carbocycles. The Morgan fingerprint density at radius 2 is 1.97 bits per heavy atom. The van der Waals surface area contributed by atoms with E-state index in [1.54, 1.807) is 12.1 Å². The van der Waals surface area contributed by atoms with E-state index in [1.807, 2.05) is 31.2 Å². The SMILES string of the molecule is COC(=O)COc1cc(OC)cc2[nH]c(=O)c3c(N)n(-c4ccccc4C)nc3c12. The topological polar surface area (TPSA) is 121 Å². The van der Waals surface area contributed by atoms with Gasteiger partial charge in [0, 0.05) is 12.1 Å². The second kappa shape index (κ2) is 7.43. The number of methoxy groups -OCH3 is 2. The summed E-state index contributed by atoms with van der Waals surface area (Å²) in [5.41, 5.74) is 8.44. The fraction of sp³-hybridized carbons (Fsp3) is 0.190. The monoisotopic (exact) mass is 408 g/mol. The molecule has 0 radical (unpaired) electrons. The maximum Gasteiger partial charge on any atom is 0.343 e. The highest BCUT2D eigenvalue weighted by Gasteiger charge is 2.21. The number of esters is 1. The molecule has 9 heteroatoms. The maximum absolute atomic E-state index is 12.8. The molecule has 0 spiro atoms. The number of aromatic amines is 1. The summed E-state index contributed by atoms with van der Waals surface area (Å²) in [6.45, 7) is 1.62. The molecule has 0 aliphatic carbocycles. The van der Waals surface area contributed by atoms with Crippen molar-refractivity contribution in [2.75, 3.05) is 26.6 Å². The highest BCUT2D eigenvalue weighted by atomic mass is 16.6. The van der Waals surface area contributed by atoms with Crippen LogP contribution in [0.2, 0.25) is 0 Å². The number of benzene rings is 2. The van der Waals surface area contributed by atoms with Crippen LogP contribution in [-0.2, 0) is 9.53 Å². The number of rotatable bonds is 5. The Hall–Kier alpha value is -4.01. The van der Waals surface area contributed by atoms with Gasteiger partial charge in [-0.15, -0.1) is 0 Å². The number of ether oxygens (including phenoxy) is 3. The Morgan fingerprint density at radius 3 is 2.67 bits per heavy atom. The van der Waals surface area contributed by atoms with Crippen molar-refractivity contribution in [3.63, 3.8) is 0 Å². The van der Waals surface area contributed by atoms with Crippen LogP contribution in [0.1, 0.15) is 5.56 Å². The number of hydrogen-bond donors (Lipinski definition) is 2. The van der Waals surface area contributed by atoms with E-state index in [9.17, 15) is 9.59 Å². The van der Waals surface area contributed by atoms with E-state index in [0.717, 1.165) is 11.3 Å². The highest BCUT2D eigenvalue weighted by Crippen LogP contribution is 2.36. The lowest BCUT2D eigenvalue weighted by atomic mass is 10.1. The van der Waals surface area contributed by atoms with Crippen LogP contribution in [0.15, 0.2) is 41.2 Å². The molecule has 4 rings (SSSR count). The normalized spacial score (nSPS) is 11.0. The van der Waals surface area contributed by atoms with Gasteiger partial charge in [0.25, 0.3) is 5.56 Å². The van der Waals surface area contributed by atoms with Crippen LogP contribution in [0.3, 0.4) is 0 Å². The molecule has 0 atom stereocenters. The smallest absolute Gasteiger partial charge is 0.343 e. The first-order valence-electron chi connectivity index (χ1n) is 9.12. The number of fused-ring (bicyclic) bond motifs is 3. The Labute approximate surface area is 171 Å². The van der Waals surface area contributed by atoms with Crippen LogP contribution >= 0.6 is 0 Å². The van der Waals surface area contributed by atoms with Crippen molar-refractivity contribution in [3.8, 4) is 17.2 Å². The number of nitrogens with one attached hydrogen (secondary N) is 1. The molecule has 2 heterocycles. The zero-order valence-corrected chi connectivity index (χ0v) is 16.7. The number of H-pyrrole nitrogens is 1. The van der Waals surface area contributed by atoms with Crippen molar-refractivity contribution in [2.45, 2.75) is 6.92 Å². The summed E-state index contributed by atoms with van der Waals surface area (Å²) < 4.78 is 17.1. The first kappa shape index (κ1) is 19.3. The third-order valence-corrected chi connectivity index (χ3v) is 4.86. The van der Waals surface area contributed by atoms with Gasteiger partial charge in [-0.25, -0.2) is 9.48 Å². The summed E-state index contributed by atoms with van der Waals surface area (Å²) in [6, 6.07) is 10.8. The van der Waals surface area contributed by atoms with Crippen molar-refractivity contribution < 1.29 is 19.0 Å². The van der Waals surface area contributed by atoms with E-state index in [-0.39, 0.29) is 23.4 Å². The minimum Gasteiger partial charge on any atom is -0.497 e. The number of aromatic nitrogens is 3. The van der Waals surface area contributed by atoms with Crippen LogP contribution in [0, 0.1) is 6.92 Å². The third kappa shape index (κ3) is 3.10. The number of hydrogen-bond acceptors (Lipinski definition) is 7. The summed E-state index contributed by atoms with van der Waals surface area (Å²) >= 11 is 0. The Morgan fingerprint density at radius 1 is 1.20 bits per heavy atom. The van der Waals surface area contributed by atoms with Crippen LogP contribution in [0.25, 0.3) is 27.5 Å². The molecule has 0 bridgehead atoms. The largest absolute Gasteiger partial charge is 0.497 e. The molecule has 0 fully saturated rings. The van der Waals surface area contributed by atoms with Crippen molar-refractivity contribution in [2.24, 2.45) is 0 Å². The molecule has 0 saturated heterocycles. The standard InChI is InChI=1S/C21H20N4O5/c1-11-6-4-5-7-14(11)25-20(22)18-19(24-25)17-13(23-21(18)27)8-12(28-2)9-15(17)30-10-16(26)29-3/h4-9H,10,22H2,1-3H3,(H,23,27). The molecule has 0 aliphatic rings. The lowest BCUT2D eigenvalue weighted by Gasteiger charge is -2.11. The number of para-hydroxylation sites is 1. The average molecular weight is 408 g/mol. The lowest BCUT2D eigenvalue weighted by molar-refractivity contribution is -0.142. The third-order valence-electron chi connectivity index (χ3n) is 4.86. The highest BCUT2D eigenvalue weighted by molar-refractivity contribution is 6.10. The first-order valence-corrected chi connectivity index (χ1v) is 9.12. The van der Waals surface area contributed by atoms with E-state index in [2.05, 4.69) is 14.8 Å². The molecule has 154 valence electrons. The number of pyridine rings is 1. The summed E-state index contributed by atoms with van der Waals surface area (Å²) in [6.07, 6.45) is 0. The molecule has 30 heavy (non-hydrogen) atoms. The number of carbonyl (C=O) groups is 1. The lowest BCUT2D eigenvalue weighted by Crippen LogP contribution is -2.13. The molecule has 0 unspecified atom stereocenters. The summed E-state index contributed by atoms with van der Waals surface area (Å²) in [5.74, 6) is 0.419. The number of nitrogen functional groups attached to an aromatic ring is 1. The van der Waals surface area contributed by atoms with E-state index in [1.165, 1.54) is 18.9 Å². The molecule has 2 aromatic heterocycles. The number of nitrogens with two attached hydrogens (primary N) is 1. The molecule has 0 amide bonds. The number of anilines is 1. The van der Waals surface area contributed by atoms with Crippen LogP contribution in [0.4, 0.5) is 5.82 Å². The van der Waals surface area contributed by atoms with Gasteiger partial charge in [0.15, 0.2) is 6.61 Å². The van der Waals surface area contributed by atoms with Gasteiger partial charge in [-0.3, -0.25) is 4.79 Å². The fourth-order valence-corrected chi connectivity index (χ4v) is 3.36. The maximum atomic E-state index is 12.8. The molecule has 0 saturated carbocycles. The zero-order chi connectivity index (χ0) is 21.4. The molecule has 9 nitrogen and oxygen atoms in total. The average Bonchev–Trinajstić information content (AvgIpc) is 3.09. The van der Waals surface area contributed by atoms with Gasteiger partial charge in [-0.05, 0) is 18.6 Å². The summed E-state index contributed by atoms with van der Waals surface area (Å²) in [7, 11) is 2.77. The Bertz CT molecular complexity index is 1340. The van der Waals surface area contributed by atoms with Crippen LogP contribution in [0.5, 0.6) is 11.5 Å². The zero-order valence-electron chi connectivity index (χ0n) is 16.7. The molecular weight excluding hydrogens is 388 g/mol. The molecular formula is C21H20N4O5. The van der Waals surface area contributed by atoms with Gasteiger partial charge in [0.2, 0.25) is 0 Å². The number of nitrogens with zero attached hydrogens (tertiary/aromatic N) is 2. The first-order chi connectivity index (χ1) is 14.4. The fourth-order valence-electron chi connectivity index (χ4n) is 3.36. The Balaban J connectivity index is 2.04. The second-order valence-corrected chi connectivity index (χ2v) is 6.67. The van der Waals surface area contributed by atoms with E-state index < -0.39 is 5.97 Å². The summed E-state index contributed by atoms with van der Waals surface area (Å²) in [5, 5.41) is 5.37. The van der Waals surface area contributed by atoms with Gasteiger partial charge >= 0.3 is 5.97 Å². The quantitative estimate of drug-likeness (QED) is 0.486.